The normalized spacial score (nSPS) is 12.2. The maximum atomic E-state index is 12.1. The van der Waals surface area contributed by atoms with E-state index in [2.05, 4.69) is 4.74 Å². The molecule has 0 aliphatic rings. The molecule has 0 aromatic heterocycles. The molecule has 1 atom stereocenters. The molecule has 0 fully saturated rings. The molecule has 0 saturated carbocycles. The Kier molecular flexibility index (Phi) is 5.11. The van der Waals surface area contributed by atoms with Crippen LogP contribution in [0.2, 0.25) is 0 Å². The predicted octanol–water partition coefficient (Wildman–Crippen LogP) is 3.54. The van der Waals surface area contributed by atoms with Gasteiger partial charge in [-0.25, -0.2) is 0 Å². The van der Waals surface area contributed by atoms with Crippen molar-refractivity contribution in [3.8, 4) is 11.5 Å². The molecule has 5 heteroatoms. The average Bonchev–Trinajstić information content (AvgIpc) is 2.48. The third-order valence-corrected chi connectivity index (χ3v) is 3.17. The van der Waals surface area contributed by atoms with Crippen molar-refractivity contribution in [2.45, 2.75) is 19.1 Å². The van der Waals surface area contributed by atoms with Gasteiger partial charge in [-0.1, -0.05) is 30.3 Å². The monoisotopic (exact) mass is 293 g/mol. The van der Waals surface area contributed by atoms with Gasteiger partial charge in [0.05, 0.1) is 7.11 Å². The van der Waals surface area contributed by atoms with E-state index in [9.17, 15) is 8.78 Å². The van der Waals surface area contributed by atoms with Gasteiger partial charge in [0.25, 0.3) is 0 Å². The van der Waals surface area contributed by atoms with Crippen molar-refractivity contribution < 1.29 is 18.3 Å². The first kappa shape index (κ1) is 15.3. The highest BCUT2D eigenvalue weighted by Gasteiger charge is 2.11. The first-order chi connectivity index (χ1) is 10.1. The van der Waals surface area contributed by atoms with E-state index in [4.69, 9.17) is 10.5 Å². The van der Waals surface area contributed by atoms with Crippen molar-refractivity contribution in [1.82, 2.24) is 0 Å². The fraction of sp³-hybridized carbons (Fsp3) is 0.250. The summed E-state index contributed by atoms with van der Waals surface area (Å²) in [4.78, 5) is 0. The van der Waals surface area contributed by atoms with Gasteiger partial charge in [-0.05, 0) is 35.7 Å². The van der Waals surface area contributed by atoms with Gasteiger partial charge in [0.2, 0.25) is 0 Å². The average molecular weight is 293 g/mol. The largest absolute Gasteiger partial charge is 0.496 e. The summed E-state index contributed by atoms with van der Waals surface area (Å²) in [5.41, 5.74) is 8.01. The Balaban J connectivity index is 2.07. The zero-order valence-electron chi connectivity index (χ0n) is 11.6. The minimum Gasteiger partial charge on any atom is -0.496 e. The SMILES string of the molecule is COc1ccccc1CC(N)c1ccc(OC(F)F)cc1. The van der Waals surface area contributed by atoms with E-state index in [-0.39, 0.29) is 11.8 Å². The molecular weight excluding hydrogens is 276 g/mol. The summed E-state index contributed by atoms with van der Waals surface area (Å²) in [6.07, 6.45) is 0.596. The van der Waals surface area contributed by atoms with E-state index >= 15 is 0 Å². The van der Waals surface area contributed by atoms with Crippen LogP contribution in [0.5, 0.6) is 11.5 Å². The molecule has 0 bridgehead atoms. The molecule has 3 nitrogen and oxygen atoms in total. The van der Waals surface area contributed by atoms with E-state index in [1.807, 2.05) is 24.3 Å². The smallest absolute Gasteiger partial charge is 0.387 e. The molecule has 2 N–H and O–H groups in total. The number of hydrogen-bond acceptors (Lipinski definition) is 3. The molecule has 0 radical (unpaired) electrons. The minimum atomic E-state index is -2.82. The minimum absolute atomic E-state index is 0.123. The standard InChI is InChI=1S/C16H17F2NO2/c1-20-15-5-3-2-4-12(15)10-14(19)11-6-8-13(9-7-11)21-16(17)18/h2-9,14,16H,10,19H2,1H3. The maximum Gasteiger partial charge on any atom is 0.387 e. The molecule has 0 heterocycles. The van der Waals surface area contributed by atoms with E-state index < -0.39 is 6.61 Å². The van der Waals surface area contributed by atoms with Crippen molar-refractivity contribution in [2.75, 3.05) is 7.11 Å². The highest BCUT2D eigenvalue weighted by molar-refractivity contribution is 5.36. The Morgan fingerprint density at radius 3 is 2.33 bits per heavy atom. The fourth-order valence-electron chi connectivity index (χ4n) is 2.12. The van der Waals surface area contributed by atoms with Crippen LogP contribution in [0.1, 0.15) is 17.2 Å². The highest BCUT2D eigenvalue weighted by Crippen LogP contribution is 2.25. The van der Waals surface area contributed by atoms with Crippen LogP contribution in [0.3, 0.4) is 0 Å². The molecule has 0 spiro atoms. The van der Waals surface area contributed by atoms with Crippen molar-refractivity contribution in [1.29, 1.82) is 0 Å². The highest BCUT2D eigenvalue weighted by atomic mass is 19.3. The number of hydrogen-bond donors (Lipinski definition) is 1. The van der Waals surface area contributed by atoms with Crippen LogP contribution < -0.4 is 15.2 Å². The maximum absolute atomic E-state index is 12.1. The van der Waals surface area contributed by atoms with Crippen molar-refractivity contribution in [3.05, 3.63) is 59.7 Å². The van der Waals surface area contributed by atoms with Crippen LogP contribution in [-0.4, -0.2) is 13.7 Å². The van der Waals surface area contributed by atoms with Gasteiger partial charge in [-0.3, -0.25) is 0 Å². The lowest BCUT2D eigenvalue weighted by atomic mass is 9.99. The first-order valence-corrected chi connectivity index (χ1v) is 6.52. The van der Waals surface area contributed by atoms with E-state index in [1.165, 1.54) is 12.1 Å². The van der Waals surface area contributed by atoms with Crippen molar-refractivity contribution in [3.63, 3.8) is 0 Å². The molecule has 112 valence electrons. The Hall–Kier alpha value is -2.14. The second-order valence-electron chi connectivity index (χ2n) is 4.57. The number of methoxy groups -OCH3 is 1. The molecule has 2 aromatic rings. The Labute approximate surface area is 122 Å². The zero-order valence-corrected chi connectivity index (χ0v) is 11.6. The van der Waals surface area contributed by atoms with Crippen LogP contribution >= 0.6 is 0 Å². The van der Waals surface area contributed by atoms with Gasteiger partial charge in [0, 0.05) is 6.04 Å². The van der Waals surface area contributed by atoms with Crippen LogP contribution in [0.25, 0.3) is 0 Å². The van der Waals surface area contributed by atoms with Gasteiger partial charge in [-0.2, -0.15) is 8.78 Å². The molecule has 0 aliphatic heterocycles. The molecule has 1 unspecified atom stereocenters. The third-order valence-electron chi connectivity index (χ3n) is 3.17. The summed E-state index contributed by atoms with van der Waals surface area (Å²) in [5.74, 6) is 0.906. The third kappa shape index (κ3) is 4.16. The Morgan fingerprint density at radius 1 is 1.05 bits per heavy atom. The summed E-state index contributed by atoms with van der Waals surface area (Å²) < 4.78 is 33.8. The lowest BCUT2D eigenvalue weighted by Crippen LogP contribution is -2.14. The summed E-state index contributed by atoms with van der Waals surface area (Å²) in [5, 5.41) is 0. The number of alkyl halides is 2. The number of ether oxygens (including phenoxy) is 2. The summed E-state index contributed by atoms with van der Waals surface area (Å²) in [7, 11) is 1.61. The van der Waals surface area contributed by atoms with Crippen LogP contribution in [0, 0.1) is 0 Å². The summed E-state index contributed by atoms with van der Waals surface area (Å²) >= 11 is 0. The first-order valence-electron chi connectivity index (χ1n) is 6.52. The number of para-hydroxylation sites is 1. The van der Waals surface area contributed by atoms with E-state index in [0.717, 1.165) is 16.9 Å². The lowest BCUT2D eigenvalue weighted by Gasteiger charge is -2.15. The van der Waals surface area contributed by atoms with Gasteiger partial charge < -0.3 is 15.2 Å². The van der Waals surface area contributed by atoms with E-state index in [1.54, 1.807) is 19.2 Å². The predicted molar refractivity (Wildman–Crippen MR) is 76.7 cm³/mol. The molecule has 0 saturated heterocycles. The Morgan fingerprint density at radius 2 is 1.71 bits per heavy atom. The number of nitrogens with two attached hydrogens (primary N) is 1. The second kappa shape index (κ2) is 7.04. The fourth-order valence-corrected chi connectivity index (χ4v) is 2.12. The molecule has 2 rings (SSSR count). The van der Waals surface area contributed by atoms with E-state index in [0.29, 0.717) is 6.42 Å². The molecule has 2 aromatic carbocycles. The van der Waals surface area contributed by atoms with Gasteiger partial charge >= 0.3 is 6.61 Å². The van der Waals surface area contributed by atoms with Crippen LogP contribution in [0.15, 0.2) is 48.5 Å². The lowest BCUT2D eigenvalue weighted by molar-refractivity contribution is -0.0498. The second-order valence-corrected chi connectivity index (χ2v) is 4.57. The number of rotatable bonds is 6. The Bertz CT molecular complexity index is 573. The van der Waals surface area contributed by atoms with Crippen molar-refractivity contribution in [2.24, 2.45) is 5.73 Å². The topological polar surface area (TPSA) is 44.5 Å². The molecule has 21 heavy (non-hydrogen) atoms. The number of halogens is 2. The van der Waals surface area contributed by atoms with Crippen LogP contribution in [-0.2, 0) is 6.42 Å². The summed E-state index contributed by atoms with van der Waals surface area (Å²) in [6, 6.07) is 13.8. The van der Waals surface area contributed by atoms with Gasteiger partial charge in [0.1, 0.15) is 11.5 Å². The summed E-state index contributed by atoms with van der Waals surface area (Å²) in [6.45, 7) is -2.82. The van der Waals surface area contributed by atoms with Gasteiger partial charge in [0.15, 0.2) is 0 Å². The van der Waals surface area contributed by atoms with Crippen LogP contribution in [0.4, 0.5) is 8.78 Å². The molecule has 0 aliphatic carbocycles. The quantitative estimate of drug-likeness (QED) is 0.886. The zero-order chi connectivity index (χ0) is 15.2. The van der Waals surface area contributed by atoms with Crippen molar-refractivity contribution >= 4 is 0 Å². The molecular formula is C16H17F2NO2. The molecule has 0 amide bonds. The number of benzene rings is 2. The van der Waals surface area contributed by atoms with Gasteiger partial charge in [-0.15, -0.1) is 0 Å².